The van der Waals surface area contributed by atoms with Gasteiger partial charge in [-0.15, -0.1) is 0 Å². The molecule has 1 aliphatic rings. The lowest BCUT2D eigenvalue weighted by Gasteiger charge is -2.15. The average molecular weight is 533 g/mol. The Bertz CT molecular complexity index is 1510. The first-order chi connectivity index (χ1) is 18.1. The van der Waals surface area contributed by atoms with Crippen molar-refractivity contribution in [1.82, 2.24) is 0 Å². The van der Waals surface area contributed by atoms with Crippen molar-refractivity contribution in [2.45, 2.75) is 38.5 Å². The van der Waals surface area contributed by atoms with Gasteiger partial charge in [0, 0.05) is 11.4 Å². The number of benzene rings is 3. The summed E-state index contributed by atoms with van der Waals surface area (Å²) in [4.78, 5) is 17.0. The van der Waals surface area contributed by atoms with Gasteiger partial charge in [0.25, 0.3) is 5.91 Å². The summed E-state index contributed by atoms with van der Waals surface area (Å²) in [6.07, 6.45) is 1.82. The first-order valence-corrected chi connectivity index (χ1v) is 13.6. The van der Waals surface area contributed by atoms with Gasteiger partial charge in [-0.3, -0.25) is 4.79 Å². The van der Waals surface area contributed by atoms with Crippen molar-refractivity contribution in [1.29, 1.82) is 0 Å². The molecule has 3 aromatic rings. The van der Waals surface area contributed by atoms with Gasteiger partial charge in [-0.2, -0.15) is 10.1 Å². The molecule has 10 heteroatoms. The zero-order valence-corrected chi connectivity index (χ0v) is 22.5. The number of primary sulfonamides is 1. The van der Waals surface area contributed by atoms with Crippen LogP contribution in [0.4, 0.5) is 17.1 Å². The molecule has 198 valence electrons. The Morgan fingerprint density at radius 1 is 1.00 bits per heavy atom. The van der Waals surface area contributed by atoms with Gasteiger partial charge in [0.2, 0.25) is 10.0 Å². The highest BCUT2D eigenvalue weighted by Crippen LogP contribution is 2.28. The van der Waals surface area contributed by atoms with Gasteiger partial charge in [-0.25, -0.2) is 18.5 Å². The van der Waals surface area contributed by atoms with Crippen molar-refractivity contribution < 1.29 is 13.2 Å². The first-order valence-electron chi connectivity index (χ1n) is 12.0. The zero-order chi connectivity index (χ0) is 27.9. The van der Waals surface area contributed by atoms with E-state index in [0.29, 0.717) is 5.71 Å². The summed E-state index contributed by atoms with van der Waals surface area (Å²) < 4.78 is 23.2. The SMILES string of the molecule is C=N/C(Nc1ccccc1CC)=C1\C(=O)N(c2cccc(S(N)(=O)=O)c2)N=C1C.CCc1ccccc1N. The lowest BCUT2D eigenvalue weighted by molar-refractivity contribution is -0.114. The fourth-order valence-corrected chi connectivity index (χ4v) is 4.41. The van der Waals surface area contributed by atoms with Crippen molar-refractivity contribution in [3.05, 3.63) is 95.3 Å². The van der Waals surface area contributed by atoms with E-state index in [9.17, 15) is 13.2 Å². The van der Waals surface area contributed by atoms with Crippen molar-refractivity contribution >= 4 is 45.4 Å². The lowest BCUT2D eigenvalue weighted by atomic mass is 10.1. The first kappa shape index (κ1) is 28.3. The number of carbonyl (C=O) groups excluding carboxylic acids is 1. The third kappa shape index (κ3) is 6.53. The minimum Gasteiger partial charge on any atom is -0.399 e. The molecule has 0 saturated carbocycles. The molecule has 0 fully saturated rings. The van der Waals surface area contributed by atoms with Gasteiger partial charge in [-0.05, 0) is 67.9 Å². The number of hydrazone groups is 1. The number of hydrogen-bond acceptors (Lipinski definition) is 7. The average Bonchev–Trinajstić information content (AvgIpc) is 3.21. The molecule has 5 N–H and O–H groups in total. The van der Waals surface area contributed by atoms with Crippen LogP contribution in [-0.2, 0) is 27.7 Å². The molecule has 0 unspecified atom stereocenters. The van der Waals surface area contributed by atoms with Crippen LogP contribution >= 0.6 is 0 Å². The predicted octanol–water partition coefficient (Wildman–Crippen LogP) is 4.47. The van der Waals surface area contributed by atoms with E-state index in [1.54, 1.807) is 13.0 Å². The molecular formula is C28H32N6O3S. The number of aryl methyl sites for hydroxylation is 2. The number of nitrogens with two attached hydrogens (primary N) is 2. The maximum Gasteiger partial charge on any atom is 0.284 e. The molecule has 1 heterocycles. The Hall–Kier alpha value is -4.28. The lowest BCUT2D eigenvalue weighted by Crippen LogP contribution is -2.24. The Labute approximate surface area is 223 Å². The van der Waals surface area contributed by atoms with Gasteiger partial charge in [0.1, 0.15) is 11.4 Å². The highest BCUT2D eigenvalue weighted by atomic mass is 32.2. The molecule has 0 atom stereocenters. The molecule has 3 aromatic carbocycles. The number of sulfonamides is 1. The number of nitrogens with one attached hydrogen (secondary N) is 1. The highest BCUT2D eigenvalue weighted by molar-refractivity contribution is 7.89. The summed E-state index contributed by atoms with van der Waals surface area (Å²) in [5, 5.41) is 13.8. The van der Waals surface area contributed by atoms with Crippen molar-refractivity contribution in [3.8, 4) is 0 Å². The summed E-state index contributed by atoms with van der Waals surface area (Å²) in [6.45, 7) is 9.39. The molecule has 1 aliphatic heterocycles. The maximum absolute atomic E-state index is 13.1. The molecule has 0 bridgehead atoms. The van der Waals surface area contributed by atoms with Gasteiger partial charge in [0.05, 0.1) is 16.3 Å². The van der Waals surface area contributed by atoms with E-state index in [4.69, 9.17) is 10.9 Å². The number of para-hydroxylation sites is 2. The van der Waals surface area contributed by atoms with Crippen LogP contribution in [-0.4, -0.2) is 26.8 Å². The second-order valence-corrected chi connectivity index (χ2v) is 9.98. The van der Waals surface area contributed by atoms with E-state index in [1.807, 2.05) is 49.4 Å². The van der Waals surface area contributed by atoms with Gasteiger partial charge >= 0.3 is 0 Å². The number of nitrogens with zero attached hydrogens (tertiary/aromatic N) is 3. The Balaban J connectivity index is 0.000000375. The van der Waals surface area contributed by atoms with Crippen molar-refractivity contribution in [3.63, 3.8) is 0 Å². The normalized spacial score (nSPS) is 14.4. The molecular weight excluding hydrogens is 500 g/mol. The molecule has 0 saturated heterocycles. The van der Waals surface area contributed by atoms with Gasteiger partial charge in [0.15, 0.2) is 0 Å². The summed E-state index contributed by atoms with van der Waals surface area (Å²) in [5.41, 5.74) is 10.6. The van der Waals surface area contributed by atoms with Crippen molar-refractivity contribution in [2.75, 3.05) is 16.1 Å². The van der Waals surface area contributed by atoms with Crippen LogP contribution in [0.1, 0.15) is 31.9 Å². The number of anilines is 3. The van der Waals surface area contributed by atoms with Crippen LogP contribution in [0, 0.1) is 0 Å². The summed E-state index contributed by atoms with van der Waals surface area (Å²) in [6, 6.07) is 21.4. The van der Waals surface area contributed by atoms with E-state index < -0.39 is 15.9 Å². The monoisotopic (exact) mass is 532 g/mol. The Morgan fingerprint density at radius 3 is 2.21 bits per heavy atom. The number of hydrogen-bond donors (Lipinski definition) is 3. The van der Waals surface area contributed by atoms with E-state index in [-0.39, 0.29) is 22.0 Å². The molecule has 1 amide bonds. The van der Waals surface area contributed by atoms with E-state index in [2.05, 4.69) is 35.1 Å². The Morgan fingerprint density at radius 2 is 1.63 bits per heavy atom. The fourth-order valence-electron chi connectivity index (χ4n) is 3.86. The molecule has 9 nitrogen and oxygen atoms in total. The molecule has 0 radical (unpaired) electrons. The van der Waals surface area contributed by atoms with E-state index >= 15 is 0 Å². The number of aliphatic imine (C=N–C) groups is 1. The standard InChI is InChI=1S/C20H21N5O3S.C8H11N/c1-4-14-8-5-6-11-17(14)23-19(22-3)18-13(2)24-25(20(18)26)15-9-7-10-16(12-15)29(21,27)28;1-2-7-5-3-4-6-8(7)9/h5-12,23H,3-4H2,1-2H3,(H2,21,27,28);3-6H,2,9H2,1H3/b19-18+;. The van der Waals surface area contributed by atoms with E-state index in [0.717, 1.165) is 34.8 Å². The van der Waals surface area contributed by atoms with Crippen molar-refractivity contribution in [2.24, 2.45) is 15.2 Å². The minimum absolute atomic E-state index is 0.106. The van der Waals surface area contributed by atoms with E-state index in [1.165, 1.54) is 23.8 Å². The molecule has 0 aromatic heterocycles. The molecule has 38 heavy (non-hydrogen) atoms. The number of nitrogen functional groups attached to an aromatic ring is 1. The second kappa shape index (κ2) is 12.3. The highest BCUT2D eigenvalue weighted by Gasteiger charge is 2.32. The van der Waals surface area contributed by atoms with Crippen LogP contribution in [0.3, 0.4) is 0 Å². The smallest absolute Gasteiger partial charge is 0.284 e. The van der Waals surface area contributed by atoms with Crippen LogP contribution < -0.4 is 21.2 Å². The van der Waals surface area contributed by atoms with Crippen LogP contribution in [0.5, 0.6) is 0 Å². The third-order valence-electron chi connectivity index (χ3n) is 5.89. The van der Waals surface area contributed by atoms with Crippen LogP contribution in [0.15, 0.2) is 99.2 Å². The maximum atomic E-state index is 13.1. The topological polar surface area (TPSA) is 143 Å². The largest absolute Gasteiger partial charge is 0.399 e. The summed E-state index contributed by atoms with van der Waals surface area (Å²) in [7, 11) is -3.91. The zero-order valence-electron chi connectivity index (χ0n) is 21.7. The van der Waals surface area contributed by atoms with Gasteiger partial charge in [-0.1, -0.05) is 56.3 Å². The van der Waals surface area contributed by atoms with Crippen LogP contribution in [0.25, 0.3) is 0 Å². The number of carbonyl (C=O) groups is 1. The molecule has 0 spiro atoms. The molecule has 0 aliphatic carbocycles. The number of rotatable bonds is 7. The molecule has 4 rings (SSSR count). The quantitative estimate of drug-likeness (QED) is 0.234. The minimum atomic E-state index is -3.91. The number of amides is 1. The van der Waals surface area contributed by atoms with Crippen LogP contribution in [0.2, 0.25) is 0 Å². The third-order valence-corrected chi connectivity index (χ3v) is 6.80. The summed E-state index contributed by atoms with van der Waals surface area (Å²) in [5.74, 6) is -0.166. The van der Waals surface area contributed by atoms with Gasteiger partial charge < -0.3 is 11.1 Å². The predicted molar refractivity (Wildman–Crippen MR) is 155 cm³/mol. The summed E-state index contributed by atoms with van der Waals surface area (Å²) >= 11 is 0. The fraction of sp³-hybridized carbons (Fsp3) is 0.179. The Kier molecular flexibility index (Phi) is 9.16. The second-order valence-electron chi connectivity index (χ2n) is 8.41.